The SMILES string of the molecule is CN=C(NCCc1nc2ccccc2[nH]1)N1CCN(c2ccccc2O)CC1. The van der Waals surface area contributed by atoms with Crippen LogP contribution in [0.5, 0.6) is 5.75 Å². The summed E-state index contributed by atoms with van der Waals surface area (Å²) >= 11 is 0. The normalized spacial score (nSPS) is 15.2. The van der Waals surface area contributed by atoms with Crippen molar-refractivity contribution in [2.75, 3.05) is 44.7 Å². The molecule has 1 aromatic heterocycles. The summed E-state index contributed by atoms with van der Waals surface area (Å²) in [5.74, 6) is 2.23. The highest BCUT2D eigenvalue weighted by Gasteiger charge is 2.21. The largest absolute Gasteiger partial charge is 0.506 e. The number of aromatic hydroxyl groups is 1. The fourth-order valence-electron chi connectivity index (χ4n) is 3.64. The van der Waals surface area contributed by atoms with Crippen molar-refractivity contribution in [2.45, 2.75) is 6.42 Å². The van der Waals surface area contributed by atoms with E-state index < -0.39 is 0 Å². The van der Waals surface area contributed by atoms with Crippen LogP contribution in [0.15, 0.2) is 53.5 Å². The van der Waals surface area contributed by atoms with Crippen molar-refractivity contribution in [1.29, 1.82) is 0 Å². The molecule has 0 atom stereocenters. The molecule has 2 heterocycles. The number of fused-ring (bicyclic) bond motifs is 1. The third kappa shape index (κ3) is 3.88. The lowest BCUT2D eigenvalue weighted by molar-refractivity contribution is 0.370. The van der Waals surface area contributed by atoms with Gasteiger partial charge in [-0.15, -0.1) is 0 Å². The van der Waals surface area contributed by atoms with Crippen LogP contribution in [0.25, 0.3) is 11.0 Å². The third-order valence-corrected chi connectivity index (χ3v) is 5.10. The highest BCUT2D eigenvalue weighted by molar-refractivity contribution is 5.80. The first kappa shape index (κ1) is 18.2. The molecule has 0 saturated carbocycles. The minimum atomic E-state index is 0.337. The van der Waals surface area contributed by atoms with Crippen LogP contribution in [-0.2, 0) is 6.42 Å². The molecule has 1 aliphatic heterocycles. The Kier molecular flexibility index (Phi) is 5.32. The van der Waals surface area contributed by atoms with Crippen LogP contribution in [0.4, 0.5) is 5.69 Å². The molecule has 0 spiro atoms. The predicted octanol–water partition coefficient (Wildman–Crippen LogP) is 2.21. The van der Waals surface area contributed by atoms with Crippen molar-refractivity contribution in [3.05, 3.63) is 54.4 Å². The number of para-hydroxylation sites is 4. The molecule has 0 unspecified atom stereocenters. The number of hydrogen-bond acceptors (Lipinski definition) is 4. The summed E-state index contributed by atoms with van der Waals surface area (Å²) in [6.07, 6.45) is 0.811. The van der Waals surface area contributed by atoms with E-state index in [0.29, 0.717) is 5.75 Å². The van der Waals surface area contributed by atoms with E-state index in [1.165, 1.54) is 0 Å². The Morgan fingerprint density at radius 1 is 1.11 bits per heavy atom. The average Bonchev–Trinajstić information content (AvgIpc) is 3.15. The average molecular weight is 378 g/mol. The summed E-state index contributed by atoms with van der Waals surface area (Å²) in [4.78, 5) is 16.9. The van der Waals surface area contributed by atoms with Gasteiger partial charge in [0, 0.05) is 46.2 Å². The van der Waals surface area contributed by atoms with Gasteiger partial charge in [-0.2, -0.15) is 0 Å². The van der Waals surface area contributed by atoms with Gasteiger partial charge in [-0.3, -0.25) is 4.99 Å². The van der Waals surface area contributed by atoms with Crippen LogP contribution in [0.3, 0.4) is 0 Å². The number of aromatic amines is 1. The summed E-state index contributed by atoms with van der Waals surface area (Å²) in [6, 6.07) is 15.6. The molecule has 2 aromatic carbocycles. The summed E-state index contributed by atoms with van der Waals surface area (Å²) < 4.78 is 0. The van der Waals surface area contributed by atoms with Crippen molar-refractivity contribution in [3.8, 4) is 5.75 Å². The topological polar surface area (TPSA) is 79.8 Å². The number of rotatable bonds is 4. The minimum Gasteiger partial charge on any atom is -0.506 e. The number of phenolic OH excluding ortho intramolecular Hbond substituents is 1. The Morgan fingerprint density at radius 3 is 2.61 bits per heavy atom. The van der Waals surface area contributed by atoms with Gasteiger partial charge in [0.2, 0.25) is 0 Å². The van der Waals surface area contributed by atoms with Gasteiger partial charge in [-0.05, 0) is 24.3 Å². The lowest BCUT2D eigenvalue weighted by atomic mass is 10.2. The Balaban J connectivity index is 1.29. The predicted molar refractivity (Wildman–Crippen MR) is 113 cm³/mol. The zero-order valence-corrected chi connectivity index (χ0v) is 16.1. The Bertz CT molecular complexity index is 925. The molecule has 0 radical (unpaired) electrons. The number of H-pyrrole nitrogens is 1. The first-order valence-corrected chi connectivity index (χ1v) is 9.67. The monoisotopic (exact) mass is 378 g/mol. The summed E-state index contributed by atoms with van der Waals surface area (Å²) in [6.45, 7) is 4.19. The van der Waals surface area contributed by atoms with Crippen LogP contribution in [0.1, 0.15) is 5.82 Å². The number of phenols is 1. The van der Waals surface area contributed by atoms with Crippen LogP contribution in [0.2, 0.25) is 0 Å². The first-order valence-electron chi connectivity index (χ1n) is 9.67. The number of piperazine rings is 1. The number of hydrogen-bond donors (Lipinski definition) is 3. The van der Waals surface area contributed by atoms with E-state index >= 15 is 0 Å². The number of guanidine groups is 1. The summed E-state index contributed by atoms with van der Waals surface area (Å²) in [5.41, 5.74) is 2.97. The zero-order chi connectivity index (χ0) is 19.3. The maximum atomic E-state index is 10.1. The van der Waals surface area contributed by atoms with Crippen LogP contribution >= 0.6 is 0 Å². The lowest BCUT2D eigenvalue weighted by Gasteiger charge is -2.37. The fourth-order valence-corrected chi connectivity index (χ4v) is 3.64. The molecule has 4 rings (SSSR count). The molecule has 7 nitrogen and oxygen atoms in total. The maximum absolute atomic E-state index is 10.1. The fraction of sp³-hybridized carbons (Fsp3) is 0.333. The molecule has 146 valence electrons. The van der Waals surface area contributed by atoms with Crippen LogP contribution in [0, 0.1) is 0 Å². The number of anilines is 1. The molecule has 3 N–H and O–H groups in total. The standard InChI is InChI=1S/C21H26N6O/c1-22-21(23-11-10-20-24-16-6-2-3-7-17(16)25-20)27-14-12-26(13-15-27)18-8-4-5-9-19(18)28/h2-9,28H,10-15H2,1H3,(H,22,23)(H,24,25). The molecule has 0 bridgehead atoms. The molecule has 1 fully saturated rings. The molecular formula is C21H26N6O. The van der Waals surface area contributed by atoms with Gasteiger partial charge >= 0.3 is 0 Å². The smallest absolute Gasteiger partial charge is 0.193 e. The highest BCUT2D eigenvalue weighted by Crippen LogP contribution is 2.27. The van der Waals surface area contributed by atoms with Crippen molar-refractivity contribution in [1.82, 2.24) is 20.2 Å². The second-order valence-electron chi connectivity index (χ2n) is 6.89. The van der Waals surface area contributed by atoms with Crippen molar-refractivity contribution in [2.24, 2.45) is 4.99 Å². The van der Waals surface area contributed by atoms with Gasteiger partial charge in [-0.25, -0.2) is 4.98 Å². The molecule has 3 aromatic rings. The Labute approximate surface area is 164 Å². The number of aliphatic imine (C=N–C) groups is 1. The molecule has 1 aliphatic rings. The molecule has 0 amide bonds. The number of nitrogens with one attached hydrogen (secondary N) is 2. The lowest BCUT2D eigenvalue weighted by Crippen LogP contribution is -2.52. The Hall–Kier alpha value is -3.22. The third-order valence-electron chi connectivity index (χ3n) is 5.10. The van der Waals surface area contributed by atoms with Crippen molar-refractivity contribution >= 4 is 22.7 Å². The molecule has 7 heteroatoms. The van der Waals surface area contributed by atoms with Gasteiger partial charge in [0.15, 0.2) is 5.96 Å². The quantitative estimate of drug-likeness (QED) is 0.479. The second-order valence-corrected chi connectivity index (χ2v) is 6.89. The van der Waals surface area contributed by atoms with Gasteiger partial charge < -0.3 is 25.2 Å². The van der Waals surface area contributed by atoms with Gasteiger partial charge in [0.1, 0.15) is 11.6 Å². The summed E-state index contributed by atoms with van der Waals surface area (Å²) in [7, 11) is 1.82. The highest BCUT2D eigenvalue weighted by atomic mass is 16.3. The number of benzene rings is 2. The van der Waals surface area contributed by atoms with E-state index in [2.05, 4.69) is 30.1 Å². The summed E-state index contributed by atoms with van der Waals surface area (Å²) in [5, 5.41) is 13.5. The van der Waals surface area contributed by atoms with E-state index in [1.54, 1.807) is 6.07 Å². The molecule has 1 saturated heterocycles. The van der Waals surface area contributed by atoms with E-state index in [-0.39, 0.29) is 0 Å². The maximum Gasteiger partial charge on any atom is 0.193 e. The first-order chi connectivity index (χ1) is 13.7. The van der Waals surface area contributed by atoms with Gasteiger partial charge in [0.05, 0.1) is 16.7 Å². The zero-order valence-electron chi connectivity index (χ0n) is 16.1. The van der Waals surface area contributed by atoms with E-state index in [4.69, 9.17) is 0 Å². The van der Waals surface area contributed by atoms with Crippen molar-refractivity contribution < 1.29 is 5.11 Å². The van der Waals surface area contributed by atoms with Crippen LogP contribution in [-0.4, -0.2) is 65.7 Å². The van der Waals surface area contributed by atoms with Crippen molar-refractivity contribution in [3.63, 3.8) is 0 Å². The van der Waals surface area contributed by atoms with E-state index in [0.717, 1.165) is 67.6 Å². The number of aromatic nitrogens is 2. The Morgan fingerprint density at radius 2 is 1.86 bits per heavy atom. The van der Waals surface area contributed by atoms with E-state index in [9.17, 15) is 5.11 Å². The van der Waals surface area contributed by atoms with E-state index in [1.807, 2.05) is 49.5 Å². The number of nitrogens with zero attached hydrogens (tertiary/aromatic N) is 4. The molecule has 0 aliphatic carbocycles. The van der Waals surface area contributed by atoms with Gasteiger partial charge in [-0.1, -0.05) is 24.3 Å². The van der Waals surface area contributed by atoms with Gasteiger partial charge in [0.25, 0.3) is 0 Å². The molecule has 28 heavy (non-hydrogen) atoms. The van der Waals surface area contributed by atoms with Crippen LogP contribution < -0.4 is 10.2 Å². The minimum absolute atomic E-state index is 0.337. The number of imidazole rings is 1. The second kappa shape index (κ2) is 8.21. The molecular weight excluding hydrogens is 352 g/mol.